The lowest BCUT2D eigenvalue weighted by atomic mass is 9.83. The number of Topliss-reactive ketones (excluding diaryl/α,β-unsaturated/α-hetero) is 1. The van der Waals surface area contributed by atoms with E-state index in [4.69, 9.17) is 0 Å². The second kappa shape index (κ2) is 3.70. The molecule has 0 aromatic heterocycles. The molecule has 0 spiro atoms. The van der Waals surface area contributed by atoms with E-state index in [1.54, 1.807) is 0 Å². The predicted molar refractivity (Wildman–Crippen MR) is 50.9 cm³/mol. The smallest absolute Gasteiger partial charge is 0.158 e. The molecule has 1 nitrogen and oxygen atoms in total. The molecule has 1 unspecified atom stereocenters. The van der Waals surface area contributed by atoms with Crippen LogP contribution in [0.15, 0.2) is 23.8 Å². The zero-order valence-corrected chi connectivity index (χ0v) is 7.89. The summed E-state index contributed by atoms with van der Waals surface area (Å²) in [6, 6.07) is 0. The van der Waals surface area contributed by atoms with E-state index in [1.807, 2.05) is 0 Å². The minimum absolute atomic E-state index is 0.253. The molecule has 66 valence electrons. The fraction of sp³-hybridized carbons (Fsp3) is 0.545. The van der Waals surface area contributed by atoms with E-state index >= 15 is 0 Å². The fourth-order valence-corrected chi connectivity index (χ4v) is 1.61. The average Bonchev–Trinajstić information content (AvgIpc) is 1.98. The Morgan fingerprint density at radius 3 is 2.83 bits per heavy atom. The maximum atomic E-state index is 11.3. The van der Waals surface area contributed by atoms with Crippen LogP contribution in [0.5, 0.6) is 0 Å². The Morgan fingerprint density at radius 1 is 1.58 bits per heavy atom. The third-order valence-electron chi connectivity index (χ3n) is 2.26. The zero-order chi connectivity index (χ0) is 9.14. The molecule has 0 amide bonds. The number of hydrogen-bond donors (Lipinski definition) is 0. The molecule has 0 N–H and O–H groups in total. The van der Waals surface area contributed by atoms with Gasteiger partial charge in [0.2, 0.25) is 0 Å². The Labute approximate surface area is 74.2 Å². The highest BCUT2D eigenvalue weighted by molar-refractivity contribution is 5.96. The molecule has 0 aromatic rings. The Kier molecular flexibility index (Phi) is 2.85. The van der Waals surface area contributed by atoms with E-state index in [9.17, 15) is 4.79 Å². The van der Waals surface area contributed by atoms with E-state index < -0.39 is 0 Å². The minimum atomic E-state index is 0.253. The van der Waals surface area contributed by atoms with Gasteiger partial charge in [0, 0.05) is 12.3 Å². The normalized spacial score (nSPS) is 24.0. The number of hydrogen-bond acceptors (Lipinski definition) is 1. The Morgan fingerprint density at radius 2 is 2.25 bits per heavy atom. The van der Waals surface area contributed by atoms with Gasteiger partial charge in [-0.3, -0.25) is 4.79 Å². The van der Waals surface area contributed by atoms with E-state index in [0.29, 0.717) is 12.3 Å². The summed E-state index contributed by atoms with van der Waals surface area (Å²) in [5.74, 6) is 0.569. The molecule has 1 aliphatic carbocycles. The summed E-state index contributed by atoms with van der Waals surface area (Å²) in [5, 5.41) is 0. The van der Waals surface area contributed by atoms with Gasteiger partial charge in [0.25, 0.3) is 0 Å². The van der Waals surface area contributed by atoms with Gasteiger partial charge in [-0.2, -0.15) is 0 Å². The van der Waals surface area contributed by atoms with E-state index in [0.717, 1.165) is 18.4 Å². The zero-order valence-electron chi connectivity index (χ0n) is 7.89. The average molecular weight is 164 g/mol. The van der Waals surface area contributed by atoms with Crippen molar-refractivity contribution in [1.29, 1.82) is 0 Å². The molecule has 0 bridgehead atoms. The third-order valence-corrected chi connectivity index (χ3v) is 2.26. The Balaban J connectivity index is 2.71. The maximum absolute atomic E-state index is 11.3. The Bertz CT molecular complexity index is 231. The largest absolute Gasteiger partial charge is 0.295 e. The van der Waals surface area contributed by atoms with Crippen LogP contribution in [0.3, 0.4) is 0 Å². The van der Waals surface area contributed by atoms with Crippen molar-refractivity contribution >= 4 is 5.78 Å². The number of carbonyl (C=O) groups is 1. The van der Waals surface area contributed by atoms with Crippen molar-refractivity contribution < 1.29 is 4.79 Å². The van der Waals surface area contributed by atoms with Crippen LogP contribution in [0, 0.1) is 5.92 Å². The summed E-state index contributed by atoms with van der Waals surface area (Å²) in [7, 11) is 0. The molecule has 1 heteroatoms. The lowest BCUT2D eigenvalue weighted by Crippen LogP contribution is -2.16. The van der Waals surface area contributed by atoms with Gasteiger partial charge in [0.1, 0.15) is 0 Å². The van der Waals surface area contributed by atoms with Crippen molar-refractivity contribution in [3.8, 4) is 0 Å². The van der Waals surface area contributed by atoms with E-state index in [1.165, 1.54) is 5.57 Å². The lowest BCUT2D eigenvalue weighted by molar-refractivity contribution is -0.116. The number of ketones is 1. The maximum Gasteiger partial charge on any atom is 0.158 e. The first-order valence-electron chi connectivity index (χ1n) is 4.48. The number of carbonyl (C=O) groups excluding carboxylic acids is 1. The summed E-state index contributed by atoms with van der Waals surface area (Å²) in [5.41, 5.74) is 2.08. The van der Waals surface area contributed by atoms with Crippen molar-refractivity contribution in [2.75, 3.05) is 0 Å². The van der Waals surface area contributed by atoms with Gasteiger partial charge in [-0.25, -0.2) is 0 Å². The third kappa shape index (κ3) is 2.07. The first kappa shape index (κ1) is 9.24. The first-order valence-corrected chi connectivity index (χ1v) is 4.48. The molecule has 1 fully saturated rings. The molecule has 0 radical (unpaired) electrons. The van der Waals surface area contributed by atoms with E-state index in [-0.39, 0.29) is 5.78 Å². The predicted octanol–water partition coefficient (Wildman–Crippen LogP) is 2.88. The van der Waals surface area contributed by atoms with Gasteiger partial charge in [0.15, 0.2) is 5.78 Å². The van der Waals surface area contributed by atoms with Crippen LogP contribution in [-0.4, -0.2) is 5.78 Å². The highest BCUT2D eigenvalue weighted by Gasteiger charge is 2.21. The second-order valence-corrected chi connectivity index (χ2v) is 3.69. The molecule has 1 saturated carbocycles. The van der Waals surface area contributed by atoms with Crippen LogP contribution in [0.25, 0.3) is 0 Å². The molecule has 0 aromatic carbocycles. The van der Waals surface area contributed by atoms with Crippen molar-refractivity contribution in [2.24, 2.45) is 5.92 Å². The molecule has 12 heavy (non-hydrogen) atoms. The van der Waals surface area contributed by atoms with Crippen LogP contribution in [0.2, 0.25) is 0 Å². The summed E-state index contributed by atoms with van der Waals surface area (Å²) in [6.45, 7) is 7.96. The topological polar surface area (TPSA) is 17.1 Å². The van der Waals surface area contributed by atoms with Gasteiger partial charge in [-0.1, -0.05) is 18.2 Å². The molecule has 1 atom stereocenters. The minimum Gasteiger partial charge on any atom is -0.295 e. The van der Waals surface area contributed by atoms with Crippen LogP contribution in [0.4, 0.5) is 0 Å². The van der Waals surface area contributed by atoms with Crippen molar-refractivity contribution in [1.82, 2.24) is 0 Å². The fourth-order valence-electron chi connectivity index (χ4n) is 1.61. The summed E-state index contributed by atoms with van der Waals surface area (Å²) in [4.78, 5) is 11.3. The quantitative estimate of drug-likeness (QED) is 0.430. The molecular weight excluding hydrogens is 148 g/mol. The van der Waals surface area contributed by atoms with Gasteiger partial charge < -0.3 is 0 Å². The summed E-state index contributed by atoms with van der Waals surface area (Å²) >= 11 is 0. The highest BCUT2D eigenvalue weighted by atomic mass is 16.1. The van der Waals surface area contributed by atoms with Crippen molar-refractivity contribution in [2.45, 2.75) is 33.1 Å². The first-order chi connectivity index (χ1) is 5.61. The molecular formula is C11H16O. The molecule has 1 rings (SSSR count). The molecule has 0 heterocycles. The van der Waals surface area contributed by atoms with Crippen LogP contribution >= 0.6 is 0 Å². The molecule has 0 saturated heterocycles. The van der Waals surface area contributed by atoms with Gasteiger partial charge in [-0.15, -0.1) is 0 Å². The highest BCUT2D eigenvalue weighted by Crippen LogP contribution is 2.27. The standard InChI is InChI=1S/C11H16O/c1-8(2)7-10-5-4-6-11(12)9(10)3/h7,10H,3-6H2,1-2H3. The summed E-state index contributed by atoms with van der Waals surface area (Å²) < 4.78 is 0. The van der Waals surface area contributed by atoms with E-state index in [2.05, 4.69) is 26.5 Å². The molecule has 1 aliphatic rings. The molecule has 0 aliphatic heterocycles. The van der Waals surface area contributed by atoms with Gasteiger partial charge in [-0.05, 0) is 32.3 Å². The lowest BCUT2D eigenvalue weighted by Gasteiger charge is -2.20. The van der Waals surface area contributed by atoms with Crippen LogP contribution in [-0.2, 0) is 4.79 Å². The van der Waals surface area contributed by atoms with Crippen LogP contribution < -0.4 is 0 Å². The van der Waals surface area contributed by atoms with Crippen LogP contribution in [0.1, 0.15) is 33.1 Å². The number of rotatable bonds is 1. The van der Waals surface area contributed by atoms with Gasteiger partial charge in [0.05, 0.1) is 0 Å². The SMILES string of the molecule is C=C1C(=O)CCCC1C=C(C)C. The van der Waals surface area contributed by atoms with Crippen molar-refractivity contribution in [3.63, 3.8) is 0 Å². The van der Waals surface area contributed by atoms with Gasteiger partial charge >= 0.3 is 0 Å². The Hall–Kier alpha value is -0.850. The van der Waals surface area contributed by atoms with Crippen molar-refractivity contribution in [3.05, 3.63) is 23.8 Å². The monoisotopic (exact) mass is 164 g/mol. The summed E-state index contributed by atoms with van der Waals surface area (Å²) in [6.07, 6.45) is 4.97. The second-order valence-electron chi connectivity index (χ2n) is 3.69. The number of allylic oxidation sites excluding steroid dienone is 3.